The van der Waals surface area contributed by atoms with Crippen LogP contribution in [0.4, 0.5) is 0 Å². The Hall–Kier alpha value is -2.04. The van der Waals surface area contributed by atoms with Crippen molar-refractivity contribution < 1.29 is 14.6 Å². The smallest absolute Gasteiger partial charge is 0.122 e. The van der Waals surface area contributed by atoms with E-state index in [0.29, 0.717) is 0 Å². The van der Waals surface area contributed by atoms with Gasteiger partial charge < -0.3 is 19.9 Å². The number of hydrogen-bond acceptors (Lipinski definition) is 4. The van der Waals surface area contributed by atoms with Gasteiger partial charge in [-0.05, 0) is 54.8 Å². The molecule has 0 aromatic heterocycles. The van der Waals surface area contributed by atoms with Crippen molar-refractivity contribution >= 4 is 0 Å². The minimum absolute atomic E-state index is 0.0710. The number of hydrogen-bond donors (Lipinski definition) is 2. The quantitative estimate of drug-likeness (QED) is 0.786. The summed E-state index contributed by atoms with van der Waals surface area (Å²) in [6, 6.07) is 14.1. The molecule has 1 atom stereocenters. The molecule has 4 heteroatoms. The summed E-state index contributed by atoms with van der Waals surface area (Å²) in [5.74, 6) is 1.71. The monoisotopic (exact) mass is 315 g/mol. The van der Waals surface area contributed by atoms with Crippen LogP contribution in [-0.4, -0.2) is 25.9 Å². The molecule has 1 unspecified atom stereocenters. The summed E-state index contributed by atoms with van der Waals surface area (Å²) in [5, 5.41) is 12.7. The Morgan fingerprint density at radius 2 is 1.91 bits per heavy atom. The fourth-order valence-electron chi connectivity index (χ4n) is 2.58. The number of aliphatic hydroxyl groups is 1. The predicted octanol–water partition coefficient (Wildman–Crippen LogP) is 3.09. The summed E-state index contributed by atoms with van der Waals surface area (Å²) in [6.07, 6.45) is 0.852. The minimum atomic E-state index is 0.0710. The van der Waals surface area contributed by atoms with Crippen LogP contribution in [-0.2, 0) is 13.0 Å². The Bertz CT molecular complexity index is 628. The summed E-state index contributed by atoms with van der Waals surface area (Å²) in [7, 11) is 3.35. The van der Waals surface area contributed by atoms with Gasteiger partial charge in [-0.15, -0.1) is 0 Å². The van der Waals surface area contributed by atoms with Gasteiger partial charge in [0.25, 0.3) is 0 Å². The van der Waals surface area contributed by atoms with E-state index >= 15 is 0 Å². The largest absolute Gasteiger partial charge is 0.497 e. The fourth-order valence-corrected chi connectivity index (χ4v) is 2.58. The molecule has 124 valence electrons. The standard InChI is InChI=1S/C19H25NO3/c1-14(16-6-4-5-15(11-16)13-21)20-10-9-17-12-18(22-2)7-8-19(17)23-3/h4-8,11-12,14,20-21H,9-10,13H2,1-3H3. The van der Waals surface area contributed by atoms with E-state index in [1.165, 1.54) is 5.56 Å². The zero-order valence-electron chi connectivity index (χ0n) is 14.0. The molecule has 0 aliphatic heterocycles. The Labute approximate surface area is 138 Å². The van der Waals surface area contributed by atoms with Crippen molar-refractivity contribution in [1.29, 1.82) is 0 Å². The molecule has 0 spiro atoms. The molecule has 2 rings (SSSR count). The van der Waals surface area contributed by atoms with Crippen molar-refractivity contribution in [2.75, 3.05) is 20.8 Å². The second kappa shape index (κ2) is 8.56. The van der Waals surface area contributed by atoms with Gasteiger partial charge in [-0.2, -0.15) is 0 Å². The van der Waals surface area contributed by atoms with Gasteiger partial charge in [0.1, 0.15) is 11.5 Å². The zero-order chi connectivity index (χ0) is 16.7. The molecule has 23 heavy (non-hydrogen) atoms. The predicted molar refractivity (Wildman–Crippen MR) is 92.0 cm³/mol. The summed E-state index contributed by atoms with van der Waals surface area (Å²) in [5.41, 5.74) is 3.23. The van der Waals surface area contributed by atoms with Crippen LogP contribution in [0.1, 0.15) is 29.7 Å². The molecule has 0 amide bonds. The van der Waals surface area contributed by atoms with E-state index in [-0.39, 0.29) is 12.6 Å². The summed E-state index contributed by atoms with van der Waals surface area (Å²) >= 11 is 0. The first-order valence-electron chi connectivity index (χ1n) is 7.82. The van der Waals surface area contributed by atoms with E-state index in [1.807, 2.05) is 36.4 Å². The highest BCUT2D eigenvalue weighted by molar-refractivity contribution is 5.40. The van der Waals surface area contributed by atoms with Crippen molar-refractivity contribution in [3.05, 3.63) is 59.2 Å². The molecule has 2 aromatic rings. The summed E-state index contributed by atoms with van der Waals surface area (Å²) < 4.78 is 10.7. The second-order valence-corrected chi connectivity index (χ2v) is 5.51. The molecule has 4 nitrogen and oxygen atoms in total. The number of benzene rings is 2. The first-order chi connectivity index (χ1) is 11.2. The molecule has 0 radical (unpaired) electrons. The first kappa shape index (κ1) is 17.3. The lowest BCUT2D eigenvalue weighted by Gasteiger charge is -2.16. The minimum Gasteiger partial charge on any atom is -0.497 e. The van der Waals surface area contributed by atoms with E-state index in [9.17, 15) is 5.11 Å². The Morgan fingerprint density at radius 1 is 1.09 bits per heavy atom. The van der Waals surface area contributed by atoms with Crippen LogP contribution < -0.4 is 14.8 Å². The van der Waals surface area contributed by atoms with Crippen LogP contribution in [0.25, 0.3) is 0 Å². The lowest BCUT2D eigenvalue weighted by molar-refractivity contribution is 0.281. The van der Waals surface area contributed by atoms with Gasteiger partial charge in [0.2, 0.25) is 0 Å². The highest BCUT2D eigenvalue weighted by Gasteiger charge is 2.08. The van der Waals surface area contributed by atoms with Crippen LogP contribution in [0.3, 0.4) is 0 Å². The summed E-state index contributed by atoms with van der Waals surface area (Å²) in [4.78, 5) is 0. The van der Waals surface area contributed by atoms with Gasteiger partial charge in [-0.25, -0.2) is 0 Å². The molecular weight excluding hydrogens is 290 g/mol. The van der Waals surface area contributed by atoms with Gasteiger partial charge in [-0.3, -0.25) is 0 Å². The van der Waals surface area contributed by atoms with Gasteiger partial charge in [0.05, 0.1) is 20.8 Å². The number of methoxy groups -OCH3 is 2. The van der Waals surface area contributed by atoms with Crippen molar-refractivity contribution in [2.24, 2.45) is 0 Å². The van der Waals surface area contributed by atoms with Gasteiger partial charge >= 0.3 is 0 Å². The van der Waals surface area contributed by atoms with Crippen molar-refractivity contribution in [1.82, 2.24) is 5.32 Å². The Balaban J connectivity index is 1.96. The maximum atomic E-state index is 9.23. The number of nitrogens with one attached hydrogen (secondary N) is 1. The molecule has 0 aliphatic rings. The van der Waals surface area contributed by atoms with E-state index in [0.717, 1.165) is 35.6 Å². The SMILES string of the molecule is COc1ccc(OC)c(CCNC(C)c2cccc(CO)c2)c1. The Morgan fingerprint density at radius 3 is 2.61 bits per heavy atom. The van der Waals surface area contributed by atoms with E-state index in [2.05, 4.69) is 18.3 Å². The molecule has 0 heterocycles. The molecule has 0 fully saturated rings. The summed E-state index contributed by atoms with van der Waals surface area (Å²) in [6.45, 7) is 3.02. The highest BCUT2D eigenvalue weighted by atomic mass is 16.5. The lowest BCUT2D eigenvalue weighted by atomic mass is 10.0. The van der Waals surface area contributed by atoms with Crippen molar-refractivity contribution in [2.45, 2.75) is 26.0 Å². The third-order valence-electron chi connectivity index (χ3n) is 3.97. The molecule has 0 saturated carbocycles. The number of aliphatic hydroxyl groups excluding tert-OH is 1. The molecule has 0 aliphatic carbocycles. The third-order valence-corrected chi connectivity index (χ3v) is 3.97. The topological polar surface area (TPSA) is 50.7 Å². The van der Waals surface area contributed by atoms with Crippen LogP contribution in [0, 0.1) is 0 Å². The van der Waals surface area contributed by atoms with Crippen LogP contribution >= 0.6 is 0 Å². The fraction of sp³-hybridized carbons (Fsp3) is 0.368. The van der Waals surface area contributed by atoms with Gasteiger partial charge in [0, 0.05) is 6.04 Å². The average Bonchev–Trinajstić information content (AvgIpc) is 2.61. The molecule has 2 N–H and O–H groups in total. The highest BCUT2D eigenvalue weighted by Crippen LogP contribution is 2.24. The van der Waals surface area contributed by atoms with Crippen LogP contribution in [0.15, 0.2) is 42.5 Å². The number of ether oxygens (including phenoxy) is 2. The maximum absolute atomic E-state index is 9.23. The van der Waals surface area contributed by atoms with E-state index < -0.39 is 0 Å². The average molecular weight is 315 g/mol. The van der Waals surface area contributed by atoms with Gasteiger partial charge in [0.15, 0.2) is 0 Å². The molecule has 0 saturated heterocycles. The van der Waals surface area contributed by atoms with E-state index in [4.69, 9.17) is 9.47 Å². The first-order valence-corrected chi connectivity index (χ1v) is 7.82. The molecule has 0 bridgehead atoms. The third kappa shape index (κ3) is 4.71. The van der Waals surface area contributed by atoms with Crippen LogP contribution in [0.5, 0.6) is 11.5 Å². The molecule has 2 aromatic carbocycles. The van der Waals surface area contributed by atoms with Crippen molar-refractivity contribution in [3.8, 4) is 11.5 Å². The maximum Gasteiger partial charge on any atom is 0.122 e. The van der Waals surface area contributed by atoms with Crippen molar-refractivity contribution in [3.63, 3.8) is 0 Å². The van der Waals surface area contributed by atoms with Crippen LogP contribution in [0.2, 0.25) is 0 Å². The van der Waals surface area contributed by atoms with Gasteiger partial charge in [-0.1, -0.05) is 24.3 Å². The zero-order valence-corrected chi connectivity index (χ0v) is 14.0. The van der Waals surface area contributed by atoms with E-state index in [1.54, 1.807) is 14.2 Å². The second-order valence-electron chi connectivity index (χ2n) is 5.51. The molecular formula is C19H25NO3. The number of rotatable bonds is 8. The lowest BCUT2D eigenvalue weighted by Crippen LogP contribution is -2.21. The Kier molecular flexibility index (Phi) is 6.44. The normalized spacial score (nSPS) is 12.0.